The van der Waals surface area contributed by atoms with E-state index in [2.05, 4.69) is 16.8 Å². The number of hydrogen-bond donors (Lipinski definition) is 1. The second-order valence-electron chi connectivity index (χ2n) is 7.69. The molecule has 6 heteroatoms. The summed E-state index contributed by atoms with van der Waals surface area (Å²) in [4.78, 5) is 19.3. The summed E-state index contributed by atoms with van der Waals surface area (Å²) in [5.74, 6) is -0.765. The molecule has 2 aliphatic rings. The van der Waals surface area contributed by atoms with Crippen molar-refractivity contribution in [2.45, 2.75) is 38.1 Å². The molecule has 0 saturated heterocycles. The summed E-state index contributed by atoms with van der Waals surface area (Å²) in [7, 11) is 0. The van der Waals surface area contributed by atoms with Crippen molar-refractivity contribution in [1.82, 2.24) is 4.98 Å². The maximum absolute atomic E-state index is 14.0. The first-order valence-corrected chi connectivity index (χ1v) is 11.0. The maximum atomic E-state index is 14.0. The molecule has 0 unspecified atom stereocenters. The molecule has 0 spiro atoms. The first-order chi connectivity index (χ1) is 14.2. The van der Waals surface area contributed by atoms with E-state index in [-0.39, 0.29) is 11.5 Å². The minimum Gasteiger partial charge on any atom is -0.359 e. The van der Waals surface area contributed by atoms with E-state index >= 15 is 0 Å². The molecule has 5 rings (SSSR count). The normalized spacial score (nSPS) is 16.2. The van der Waals surface area contributed by atoms with Gasteiger partial charge >= 0.3 is 0 Å². The van der Waals surface area contributed by atoms with Gasteiger partial charge in [-0.1, -0.05) is 31.0 Å². The van der Waals surface area contributed by atoms with Crippen molar-refractivity contribution in [3.63, 3.8) is 0 Å². The van der Waals surface area contributed by atoms with E-state index in [0.29, 0.717) is 12.6 Å². The van der Waals surface area contributed by atoms with Crippen molar-refractivity contribution in [2.24, 2.45) is 0 Å². The molecule has 1 fully saturated rings. The van der Waals surface area contributed by atoms with Crippen molar-refractivity contribution in [1.29, 1.82) is 0 Å². The maximum Gasteiger partial charge on any atom is 0.261 e. The fraction of sp³-hybridized carbons (Fsp3) is 0.304. The van der Waals surface area contributed by atoms with Crippen molar-refractivity contribution < 1.29 is 9.18 Å². The summed E-state index contributed by atoms with van der Waals surface area (Å²) in [5, 5.41) is 6.60. The summed E-state index contributed by atoms with van der Waals surface area (Å²) in [6.45, 7) is 0.567. The van der Waals surface area contributed by atoms with Crippen molar-refractivity contribution >= 4 is 28.1 Å². The number of halogens is 1. The molecule has 29 heavy (non-hydrogen) atoms. The van der Waals surface area contributed by atoms with Gasteiger partial charge < -0.3 is 10.2 Å². The Morgan fingerprint density at radius 3 is 2.83 bits per heavy atom. The van der Waals surface area contributed by atoms with Gasteiger partial charge in [0.25, 0.3) is 5.91 Å². The molecule has 2 aromatic carbocycles. The van der Waals surface area contributed by atoms with Crippen LogP contribution in [-0.2, 0) is 6.42 Å². The number of rotatable bonds is 4. The lowest BCUT2D eigenvalue weighted by Gasteiger charge is -2.18. The number of benzene rings is 2. The van der Waals surface area contributed by atoms with Gasteiger partial charge in [0.05, 0.1) is 11.3 Å². The standard InChI is InChI=1S/C23H22FN3OS/c24-19-8-4-3-7-18(19)22(28)27-12-11-16-13-15(9-10-21(16)27)20-14-29-23(26-20)25-17-5-1-2-6-17/h3-4,7-10,13-14,17H,1-2,5-6,11-12H2,(H,25,26). The number of carbonyl (C=O) groups excluding carboxylic acids is 1. The third kappa shape index (κ3) is 3.53. The van der Waals surface area contributed by atoms with E-state index < -0.39 is 5.82 Å². The highest BCUT2D eigenvalue weighted by Crippen LogP contribution is 2.35. The quantitative estimate of drug-likeness (QED) is 0.621. The lowest BCUT2D eigenvalue weighted by atomic mass is 10.1. The van der Waals surface area contributed by atoms with Gasteiger partial charge in [-0.15, -0.1) is 11.3 Å². The Labute approximate surface area is 173 Å². The third-order valence-corrected chi connectivity index (χ3v) is 6.58. The van der Waals surface area contributed by atoms with Crippen LogP contribution < -0.4 is 10.2 Å². The van der Waals surface area contributed by atoms with E-state index in [9.17, 15) is 9.18 Å². The Hall–Kier alpha value is -2.73. The molecule has 1 saturated carbocycles. The largest absolute Gasteiger partial charge is 0.359 e. The van der Waals surface area contributed by atoms with Gasteiger partial charge in [0.1, 0.15) is 5.82 Å². The molecule has 1 amide bonds. The van der Waals surface area contributed by atoms with Crippen molar-refractivity contribution in [2.75, 3.05) is 16.8 Å². The smallest absolute Gasteiger partial charge is 0.261 e. The Morgan fingerprint density at radius 2 is 2.00 bits per heavy atom. The molecule has 3 aromatic rings. The molecule has 1 aliphatic heterocycles. The number of thiazole rings is 1. The molecule has 1 N–H and O–H groups in total. The van der Waals surface area contributed by atoms with Crippen LogP contribution in [0, 0.1) is 5.82 Å². The van der Waals surface area contributed by atoms with Crippen LogP contribution in [0.5, 0.6) is 0 Å². The van der Waals surface area contributed by atoms with E-state index in [1.807, 2.05) is 12.1 Å². The van der Waals surface area contributed by atoms with Gasteiger partial charge in [0.15, 0.2) is 5.13 Å². The number of nitrogens with zero attached hydrogens (tertiary/aromatic N) is 2. The fourth-order valence-corrected chi connectivity index (χ4v) is 5.07. The van der Waals surface area contributed by atoms with E-state index in [0.717, 1.165) is 34.1 Å². The SMILES string of the molecule is O=C(c1ccccc1F)N1CCc2cc(-c3csc(NC4CCCC4)n3)ccc21. The van der Waals surface area contributed by atoms with E-state index in [1.165, 1.54) is 37.8 Å². The first-order valence-electron chi connectivity index (χ1n) is 10.1. The highest BCUT2D eigenvalue weighted by atomic mass is 32.1. The topological polar surface area (TPSA) is 45.2 Å². The average molecular weight is 408 g/mol. The fourth-order valence-electron chi connectivity index (χ4n) is 4.27. The van der Waals surface area contributed by atoms with Gasteiger partial charge in [-0.3, -0.25) is 4.79 Å². The number of nitrogens with one attached hydrogen (secondary N) is 1. The van der Waals surface area contributed by atoms with E-state index in [1.54, 1.807) is 28.4 Å². The van der Waals surface area contributed by atoms with Crippen LogP contribution >= 0.6 is 11.3 Å². The molecule has 1 aromatic heterocycles. The molecule has 0 radical (unpaired) electrons. The zero-order valence-electron chi connectivity index (χ0n) is 16.0. The van der Waals surface area contributed by atoms with Crippen molar-refractivity contribution in [3.05, 3.63) is 64.8 Å². The predicted octanol–water partition coefficient (Wildman–Crippen LogP) is 5.51. The lowest BCUT2D eigenvalue weighted by molar-refractivity contribution is 0.0985. The molecule has 1 aliphatic carbocycles. The highest BCUT2D eigenvalue weighted by molar-refractivity contribution is 7.14. The Kier molecular flexibility index (Phi) is 4.79. The summed E-state index contributed by atoms with van der Waals surface area (Å²) in [6, 6.07) is 12.8. The molecular formula is C23H22FN3OS. The van der Waals surface area contributed by atoms with Gasteiger partial charge in [-0.25, -0.2) is 9.37 Å². The summed E-state index contributed by atoms with van der Waals surface area (Å²) in [6.07, 6.45) is 5.80. The van der Waals surface area contributed by atoms with Crippen LogP contribution in [0.3, 0.4) is 0 Å². The predicted molar refractivity (Wildman–Crippen MR) is 115 cm³/mol. The van der Waals surface area contributed by atoms with Crippen LogP contribution in [0.15, 0.2) is 47.8 Å². The zero-order chi connectivity index (χ0) is 19.8. The summed E-state index contributed by atoms with van der Waals surface area (Å²) < 4.78 is 14.0. The zero-order valence-corrected chi connectivity index (χ0v) is 16.8. The second-order valence-corrected chi connectivity index (χ2v) is 8.55. The van der Waals surface area contributed by atoms with Crippen LogP contribution in [0.25, 0.3) is 11.3 Å². The van der Waals surface area contributed by atoms with Crippen LogP contribution in [0.4, 0.5) is 15.2 Å². The minimum absolute atomic E-state index is 0.117. The van der Waals surface area contributed by atoms with Gasteiger partial charge in [-0.05, 0) is 49.1 Å². The second kappa shape index (κ2) is 7.59. The van der Waals surface area contributed by atoms with Crippen LogP contribution in [-0.4, -0.2) is 23.5 Å². The number of hydrogen-bond acceptors (Lipinski definition) is 4. The average Bonchev–Trinajstić information content (AvgIpc) is 3.49. The van der Waals surface area contributed by atoms with E-state index in [4.69, 9.17) is 4.98 Å². The number of anilines is 2. The summed E-state index contributed by atoms with van der Waals surface area (Å²) in [5.41, 5.74) is 4.09. The molecule has 148 valence electrons. The molecule has 4 nitrogen and oxygen atoms in total. The monoisotopic (exact) mass is 407 g/mol. The van der Waals surface area contributed by atoms with Crippen LogP contribution in [0.1, 0.15) is 41.6 Å². The molecular weight excluding hydrogens is 385 g/mol. The van der Waals surface area contributed by atoms with Gasteiger partial charge in [0.2, 0.25) is 0 Å². The minimum atomic E-state index is -0.479. The third-order valence-electron chi connectivity index (χ3n) is 5.81. The number of fused-ring (bicyclic) bond motifs is 1. The van der Waals surface area contributed by atoms with Gasteiger partial charge in [0, 0.05) is 29.2 Å². The number of carbonyl (C=O) groups is 1. The Morgan fingerprint density at radius 1 is 1.17 bits per heavy atom. The Balaban J connectivity index is 1.36. The van der Waals surface area contributed by atoms with Gasteiger partial charge in [-0.2, -0.15) is 0 Å². The highest BCUT2D eigenvalue weighted by Gasteiger charge is 2.27. The Bertz CT molecular complexity index is 1060. The number of aromatic nitrogens is 1. The lowest BCUT2D eigenvalue weighted by Crippen LogP contribution is -2.29. The molecule has 0 bridgehead atoms. The molecule has 0 atom stereocenters. The van der Waals surface area contributed by atoms with Crippen molar-refractivity contribution in [3.8, 4) is 11.3 Å². The number of amides is 1. The summed E-state index contributed by atoms with van der Waals surface area (Å²) >= 11 is 1.64. The van der Waals surface area contributed by atoms with Crippen LogP contribution in [0.2, 0.25) is 0 Å². The first kappa shape index (κ1) is 18.3. The molecule has 2 heterocycles.